The highest BCUT2D eigenvalue weighted by atomic mass is 15.1. The minimum atomic E-state index is 0.655. The summed E-state index contributed by atoms with van der Waals surface area (Å²) in [5, 5.41) is 2.58. The van der Waals surface area contributed by atoms with Crippen molar-refractivity contribution in [3.05, 3.63) is 99.9 Å². The summed E-state index contributed by atoms with van der Waals surface area (Å²) >= 11 is 0. The van der Waals surface area contributed by atoms with Crippen LogP contribution in [0.25, 0.3) is 11.6 Å². The van der Waals surface area contributed by atoms with Gasteiger partial charge in [0.15, 0.2) is 0 Å². The lowest BCUT2D eigenvalue weighted by Gasteiger charge is -2.17. The van der Waals surface area contributed by atoms with Gasteiger partial charge in [-0.25, -0.2) is 0 Å². The van der Waals surface area contributed by atoms with Crippen molar-refractivity contribution in [2.45, 2.75) is 65.7 Å². The molecule has 3 aromatic rings. The molecule has 0 saturated heterocycles. The molecule has 1 nitrogen and oxygen atoms in total. The third-order valence-electron chi connectivity index (χ3n) is 7.13. The Balaban J connectivity index is 2.08. The summed E-state index contributed by atoms with van der Waals surface area (Å²) in [5.41, 5.74) is 6.53. The second kappa shape index (κ2) is 12.6. The molecule has 3 rings (SSSR count). The molecule has 0 aliphatic rings. The smallest absolute Gasteiger partial charge is 0.0361 e. The average Bonchev–Trinajstić information content (AvgIpc) is 2.87. The van der Waals surface area contributed by atoms with E-state index in [4.69, 9.17) is 0 Å². The van der Waals surface area contributed by atoms with Gasteiger partial charge in [-0.05, 0) is 75.9 Å². The van der Waals surface area contributed by atoms with Crippen LogP contribution in [-0.2, 0) is 0 Å². The Morgan fingerprint density at radius 2 is 1.35 bits per heavy atom. The SMILES string of the molecule is CCCC(CC)c1ccc(C(c2ccc(N(C)C)cc2)=c2ccc(=CCC(C)CC)cc2)cc1. The van der Waals surface area contributed by atoms with E-state index >= 15 is 0 Å². The van der Waals surface area contributed by atoms with Crippen LogP contribution in [0.3, 0.4) is 0 Å². The summed E-state index contributed by atoms with van der Waals surface area (Å²) in [6, 6.07) is 27.4. The lowest BCUT2D eigenvalue weighted by Crippen LogP contribution is -2.13. The molecule has 0 aliphatic heterocycles. The van der Waals surface area contributed by atoms with Crippen LogP contribution in [0.5, 0.6) is 0 Å². The molecule has 34 heavy (non-hydrogen) atoms. The van der Waals surface area contributed by atoms with Gasteiger partial charge in [-0.1, -0.05) is 107 Å². The van der Waals surface area contributed by atoms with Crippen LogP contribution in [0.15, 0.2) is 72.8 Å². The second-order valence-corrected chi connectivity index (χ2v) is 9.91. The first-order valence-electron chi connectivity index (χ1n) is 13.1. The number of hydrogen-bond donors (Lipinski definition) is 0. The van der Waals surface area contributed by atoms with Gasteiger partial charge in [0.2, 0.25) is 0 Å². The van der Waals surface area contributed by atoms with Crippen molar-refractivity contribution in [1.29, 1.82) is 0 Å². The third kappa shape index (κ3) is 6.63. The highest BCUT2D eigenvalue weighted by molar-refractivity contribution is 5.80. The van der Waals surface area contributed by atoms with Crippen molar-refractivity contribution in [2.24, 2.45) is 5.92 Å². The molecule has 1 heteroatoms. The predicted octanol–water partition coefficient (Wildman–Crippen LogP) is 7.51. The lowest BCUT2D eigenvalue weighted by atomic mass is 9.89. The minimum absolute atomic E-state index is 0.655. The topological polar surface area (TPSA) is 3.24 Å². The van der Waals surface area contributed by atoms with Gasteiger partial charge in [-0.15, -0.1) is 0 Å². The molecule has 2 unspecified atom stereocenters. The van der Waals surface area contributed by atoms with E-state index < -0.39 is 0 Å². The van der Waals surface area contributed by atoms with E-state index in [2.05, 4.69) is 126 Å². The fourth-order valence-corrected chi connectivity index (χ4v) is 4.59. The molecular weight excluding hydrogens is 410 g/mol. The van der Waals surface area contributed by atoms with E-state index in [1.165, 1.54) is 64.1 Å². The Hall–Kier alpha value is -2.80. The molecule has 0 amide bonds. The van der Waals surface area contributed by atoms with Crippen LogP contribution < -0.4 is 15.3 Å². The number of nitrogens with zero attached hydrogens (tertiary/aromatic N) is 1. The van der Waals surface area contributed by atoms with Crippen LogP contribution in [0.4, 0.5) is 5.69 Å². The van der Waals surface area contributed by atoms with E-state index in [-0.39, 0.29) is 0 Å². The first-order valence-corrected chi connectivity index (χ1v) is 13.1. The number of benzene rings is 3. The lowest BCUT2D eigenvalue weighted by molar-refractivity contribution is 0.585. The van der Waals surface area contributed by atoms with E-state index in [1.54, 1.807) is 0 Å². The summed E-state index contributed by atoms with van der Waals surface area (Å²) < 4.78 is 0. The first kappa shape index (κ1) is 25.8. The molecule has 3 aromatic carbocycles. The fourth-order valence-electron chi connectivity index (χ4n) is 4.59. The zero-order valence-electron chi connectivity index (χ0n) is 22.1. The number of anilines is 1. The van der Waals surface area contributed by atoms with Crippen molar-refractivity contribution >= 4 is 17.3 Å². The van der Waals surface area contributed by atoms with Gasteiger partial charge < -0.3 is 4.90 Å². The van der Waals surface area contributed by atoms with Gasteiger partial charge in [0.1, 0.15) is 0 Å². The van der Waals surface area contributed by atoms with Crippen LogP contribution in [0, 0.1) is 5.92 Å². The molecule has 0 saturated carbocycles. The molecular formula is C33H43N. The number of rotatable bonds is 10. The standard InChI is InChI=1S/C33H43N/c1-7-10-27(9-3)28-17-19-30(20-18-28)33(31-21-23-32(24-22-31)34(5)6)29-15-13-26(14-16-29)12-11-25(4)8-2/h12-25,27H,7-11H2,1-6H3. The molecule has 0 fully saturated rings. The predicted molar refractivity (Wildman–Crippen MR) is 151 cm³/mol. The van der Waals surface area contributed by atoms with Crippen molar-refractivity contribution in [3.63, 3.8) is 0 Å². The molecule has 180 valence electrons. The summed E-state index contributed by atoms with van der Waals surface area (Å²) in [6.45, 7) is 9.17. The molecule has 0 radical (unpaired) electrons. The maximum atomic E-state index is 2.37. The van der Waals surface area contributed by atoms with Crippen molar-refractivity contribution in [2.75, 3.05) is 19.0 Å². The van der Waals surface area contributed by atoms with Crippen LogP contribution >= 0.6 is 0 Å². The maximum Gasteiger partial charge on any atom is 0.0361 e. The fraction of sp³-hybridized carbons (Fsp3) is 0.394. The quantitative estimate of drug-likeness (QED) is 0.307. The molecule has 2 atom stereocenters. The Morgan fingerprint density at radius 3 is 1.85 bits per heavy atom. The van der Waals surface area contributed by atoms with E-state index in [1.807, 2.05) is 0 Å². The molecule has 0 bridgehead atoms. The summed E-state index contributed by atoms with van der Waals surface area (Å²) in [4.78, 5) is 2.15. The number of hydrogen-bond acceptors (Lipinski definition) is 1. The monoisotopic (exact) mass is 453 g/mol. The molecule has 0 heterocycles. The highest BCUT2D eigenvalue weighted by Gasteiger charge is 2.11. The zero-order chi connectivity index (χ0) is 24.5. The largest absolute Gasteiger partial charge is 0.378 e. The van der Waals surface area contributed by atoms with E-state index in [9.17, 15) is 0 Å². The van der Waals surface area contributed by atoms with Gasteiger partial charge in [-0.3, -0.25) is 0 Å². The Kier molecular flexibility index (Phi) is 9.57. The highest BCUT2D eigenvalue weighted by Crippen LogP contribution is 2.28. The van der Waals surface area contributed by atoms with E-state index in [0.29, 0.717) is 5.92 Å². The van der Waals surface area contributed by atoms with Crippen molar-refractivity contribution in [1.82, 2.24) is 0 Å². The molecule has 0 N–H and O–H groups in total. The summed E-state index contributed by atoms with van der Waals surface area (Å²) in [7, 11) is 4.18. The van der Waals surface area contributed by atoms with Crippen LogP contribution in [0.1, 0.15) is 82.4 Å². The third-order valence-corrected chi connectivity index (χ3v) is 7.13. The maximum absolute atomic E-state index is 2.37. The van der Waals surface area contributed by atoms with Crippen LogP contribution in [-0.4, -0.2) is 14.1 Å². The Labute approximate surface area is 207 Å². The Morgan fingerprint density at radius 1 is 0.765 bits per heavy atom. The van der Waals surface area contributed by atoms with Gasteiger partial charge >= 0.3 is 0 Å². The first-order chi connectivity index (χ1) is 16.5. The average molecular weight is 454 g/mol. The second-order valence-electron chi connectivity index (χ2n) is 9.91. The molecule has 0 aliphatic carbocycles. The van der Waals surface area contributed by atoms with Crippen molar-refractivity contribution < 1.29 is 0 Å². The Bertz CT molecular complexity index is 1110. The summed E-state index contributed by atoms with van der Waals surface area (Å²) in [5.74, 6) is 1.39. The van der Waals surface area contributed by atoms with Gasteiger partial charge in [0, 0.05) is 19.8 Å². The normalized spacial score (nSPS) is 12.8. The van der Waals surface area contributed by atoms with Gasteiger partial charge in [0.25, 0.3) is 0 Å². The minimum Gasteiger partial charge on any atom is -0.378 e. The van der Waals surface area contributed by atoms with Gasteiger partial charge in [-0.2, -0.15) is 0 Å². The zero-order valence-corrected chi connectivity index (χ0v) is 22.1. The van der Waals surface area contributed by atoms with Gasteiger partial charge in [0.05, 0.1) is 0 Å². The van der Waals surface area contributed by atoms with Crippen LogP contribution in [0.2, 0.25) is 0 Å². The van der Waals surface area contributed by atoms with Crippen molar-refractivity contribution in [3.8, 4) is 0 Å². The molecule has 0 spiro atoms. The molecule has 0 aromatic heterocycles. The van der Waals surface area contributed by atoms with E-state index in [0.717, 1.165) is 12.3 Å². The summed E-state index contributed by atoms with van der Waals surface area (Å²) in [6.07, 6.45) is 8.42.